The maximum Gasteiger partial charge on any atom is 0.225 e. The number of rotatable bonds is 4. The molecule has 1 amide bonds. The Balaban J connectivity index is 1.36. The van der Waals surface area contributed by atoms with Gasteiger partial charge in [-0.1, -0.05) is 18.9 Å². The summed E-state index contributed by atoms with van der Waals surface area (Å²) >= 11 is 0. The van der Waals surface area contributed by atoms with Crippen LogP contribution in [0.4, 0.5) is 4.39 Å². The molecule has 3 aliphatic rings. The lowest BCUT2D eigenvalue weighted by Gasteiger charge is -2.41. The van der Waals surface area contributed by atoms with Crippen LogP contribution in [0.3, 0.4) is 0 Å². The summed E-state index contributed by atoms with van der Waals surface area (Å²) in [4.78, 5) is 17.4. The summed E-state index contributed by atoms with van der Waals surface area (Å²) < 4.78 is 14.2. The van der Waals surface area contributed by atoms with Gasteiger partial charge >= 0.3 is 0 Å². The van der Waals surface area contributed by atoms with E-state index in [1.807, 2.05) is 6.07 Å². The third kappa shape index (κ3) is 4.38. The molecule has 4 nitrogen and oxygen atoms in total. The zero-order chi connectivity index (χ0) is 19.5. The normalized spacial score (nSPS) is 24.6. The second-order valence-corrected chi connectivity index (χ2v) is 8.75. The van der Waals surface area contributed by atoms with Gasteiger partial charge in [-0.05, 0) is 69.7 Å². The molecule has 150 valence electrons. The fourth-order valence-electron chi connectivity index (χ4n) is 4.94. The first-order chi connectivity index (χ1) is 13.7. The zero-order valence-electron chi connectivity index (χ0n) is 16.6. The largest absolute Gasteiger partial charge is 0.339 e. The number of hydrogen-bond acceptors (Lipinski definition) is 3. The van der Waals surface area contributed by atoms with E-state index in [4.69, 9.17) is 5.26 Å². The van der Waals surface area contributed by atoms with E-state index in [2.05, 4.69) is 9.80 Å². The van der Waals surface area contributed by atoms with Crippen LogP contribution in [0.5, 0.6) is 0 Å². The molecular weight excluding hydrogens is 353 g/mol. The number of amides is 1. The number of halogens is 1. The van der Waals surface area contributed by atoms with Crippen molar-refractivity contribution in [2.45, 2.75) is 64.0 Å². The number of benzene rings is 1. The van der Waals surface area contributed by atoms with Gasteiger partial charge < -0.3 is 4.90 Å². The lowest BCUT2D eigenvalue weighted by atomic mass is 9.85. The molecule has 1 saturated carbocycles. The first-order valence-electron chi connectivity index (χ1n) is 10.9. The summed E-state index contributed by atoms with van der Waals surface area (Å²) in [5.74, 6) is 1.00. The molecule has 0 spiro atoms. The smallest absolute Gasteiger partial charge is 0.225 e. The van der Waals surface area contributed by atoms with Crippen molar-refractivity contribution in [2.75, 3.05) is 19.6 Å². The topological polar surface area (TPSA) is 47.3 Å². The number of nitrogens with zero attached hydrogens (tertiary/aromatic N) is 3. The number of likely N-dealkylation sites (tertiary alicyclic amines) is 2. The monoisotopic (exact) mass is 383 g/mol. The fourth-order valence-corrected chi connectivity index (χ4v) is 4.94. The number of carbonyl (C=O) groups is 1. The standard InChI is InChI=1S/C23H30FN3O/c24-21-14-17(15-25)5-6-20(21)16-26-12-9-18(10-13-26)22-4-2-1-3-11-27(22)23(28)19-7-8-19/h5-6,14,18-19,22H,1-4,7-13,16H2. The molecule has 1 aliphatic carbocycles. The van der Waals surface area contributed by atoms with Crippen molar-refractivity contribution in [2.24, 2.45) is 11.8 Å². The molecule has 1 unspecified atom stereocenters. The minimum atomic E-state index is -0.286. The Morgan fingerprint density at radius 1 is 1.07 bits per heavy atom. The molecule has 0 N–H and O–H groups in total. The van der Waals surface area contributed by atoms with Gasteiger partial charge in [-0.3, -0.25) is 9.69 Å². The second-order valence-electron chi connectivity index (χ2n) is 8.75. The van der Waals surface area contributed by atoms with Gasteiger partial charge in [0.1, 0.15) is 5.82 Å². The molecule has 3 fully saturated rings. The van der Waals surface area contributed by atoms with Gasteiger partial charge in [0, 0.05) is 30.6 Å². The molecule has 1 atom stereocenters. The van der Waals surface area contributed by atoms with Gasteiger partial charge in [0.05, 0.1) is 11.6 Å². The number of nitriles is 1. The van der Waals surface area contributed by atoms with Crippen LogP contribution in [0.2, 0.25) is 0 Å². The van der Waals surface area contributed by atoms with Gasteiger partial charge in [0.25, 0.3) is 0 Å². The summed E-state index contributed by atoms with van der Waals surface area (Å²) in [6.45, 7) is 3.44. The van der Waals surface area contributed by atoms with E-state index in [0.29, 0.717) is 41.5 Å². The minimum absolute atomic E-state index is 0.286. The van der Waals surface area contributed by atoms with Crippen molar-refractivity contribution in [1.82, 2.24) is 9.80 Å². The SMILES string of the molecule is N#Cc1ccc(CN2CCC(C3CCCCCN3C(=O)C3CC3)CC2)c(F)c1. The average Bonchev–Trinajstić information content (AvgIpc) is 3.56. The van der Waals surface area contributed by atoms with Crippen LogP contribution in [0, 0.1) is 29.0 Å². The Morgan fingerprint density at radius 3 is 2.54 bits per heavy atom. The lowest BCUT2D eigenvalue weighted by Crippen LogP contribution is -2.48. The summed E-state index contributed by atoms with van der Waals surface area (Å²) in [6.07, 6.45) is 9.08. The summed E-state index contributed by atoms with van der Waals surface area (Å²) in [7, 11) is 0. The molecule has 0 aromatic heterocycles. The molecule has 2 saturated heterocycles. The van der Waals surface area contributed by atoms with Crippen molar-refractivity contribution < 1.29 is 9.18 Å². The highest BCUT2D eigenvalue weighted by Gasteiger charge is 2.39. The quantitative estimate of drug-likeness (QED) is 0.787. The van der Waals surface area contributed by atoms with E-state index in [9.17, 15) is 9.18 Å². The molecule has 4 rings (SSSR count). The highest BCUT2D eigenvalue weighted by Crippen LogP contribution is 2.36. The molecule has 2 aliphatic heterocycles. The number of carbonyl (C=O) groups excluding carboxylic acids is 1. The molecule has 2 heterocycles. The molecule has 5 heteroatoms. The zero-order valence-corrected chi connectivity index (χ0v) is 16.6. The number of hydrogen-bond donors (Lipinski definition) is 0. The maximum absolute atomic E-state index is 14.2. The van der Waals surface area contributed by atoms with Gasteiger partial charge in [0.15, 0.2) is 0 Å². The van der Waals surface area contributed by atoms with E-state index < -0.39 is 0 Å². The summed E-state index contributed by atoms with van der Waals surface area (Å²) in [5.41, 5.74) is 1.03. The van der Waals surface area contributed by atoms with Gasteiger partial charge in [-0.25, -0.2) is 4.39 Å². The molecule has 0 radical (unpaired) electrons. The van der Waals surface area contributed by atoms with Crippen molar-refractivity contribution >= 4 is 5.91 Å². The third-order valence-corrected chi connectivity index (χ3v) is 6.76. The Bertz CT molecular complexity index is 747. The van der Waals surface area contributed by atoms with Crippen LogP contribution in [0.15, 0.2) is 18.2 Å². The van der Waals surface area contributed by atoms with Gasteiger partial charge in [-0.2, -0.15) is 5.26 Å². The summed E-state index contributed by atoms with van der Waals surface area (Å²) in [5, 5.41) is 8.89. The summed E-state index contributed by atoms with van der Waals surface area (Å²) in [6, 6.07) is 7.15. The van der Waals surface area contributed by atoms with E-state index in [1.54, 1.807) is 12.1 Å². The van der Waals surface area contributed by atoms with Crippen molar-refractivity contribution in [1.29, 1.82) is 5.26 Å². The van der Waals surface area contributed by atoms with Gasteiger partial charge in [0.2, 0.25) is 5.91 Å². The Kier molecular flexibility index (Phi) is 5.96. The molecular formula is C23H30FN3O. The number of piperidine rings is 1. The highest BCUT2D eigenvalue weighted by atomic mass is 19.1. The van der Waals surface area contributed by atoms with Crippen LogP contribution in [0.25, 0.3) is 0 Å². The predicted octanol–water partition coefficient (Wildman–Crippen LogP) is 4.09. The molecule has 0 bridgehead atoms. The predicted molar refractivity (Wildman–Crippen MR) is 106 cm³/mol. The second kappa shape index (κ2) is 8.61. The van der Waals surface area contributed by atoms with Crippen molar-refractivity contribution in [3.05, 3.63) is 35.1 Å². The molecule has 28 heavy (non-hydrogen) atoms. The van der Waals surface area contributed by atoms with E-state index in [-0.39, 0.29) is 5.82 Å². The van der Waals surface area contributed by atoms with E-state index in [1.165, 1.54) is 18.9 Å². The Labute approximate surface area is 167 Å². The van der Waals surface area contributed by atoms with Crippen LogP contribution in [0.1, 0.15) is 62.5 Å². The fraction of sp³-hybridized carbons (Fsp3) is 0.652. The van der Waals surface area contributed by atoms with Crippen molar-refractivity contribution in [3.63, 3.8) is 0 Å². The highest BCUT2D eigenvalue weighted by molar-refractivity contribution is 5.81. The molecule has 1 aromatic rings. The Hall–Kier alpha value is -1.93. The van der Waals surface area contributed by atoms with Crippen LogP contribution >= 0.6 is 0 Å². The first kappa shape index (κ1) is 19.4. The third-order valence-electron chi connectivity index (χ3n) is 6.76. The van der Waals surface area contributed by atoms with E-state index >= 15 is 0 Å². The van der Waals surface area contributed by atoms with Gasteiger partial charge in [-0.15, -0.1) is 0 Å². The van der Waals surface area contributed by atoms with Crippen molar-refractivity contribution in [3.8, 4) is 6.07 Å². The average molecular weight is 384 g/mol. The Morgan fingerprint density at radius 2 is 1.86 bits per heavy atom. The maximum atomic E-state index is 14.2. The first-order valence-corrected chi connectivity index (χ1v) is 10.9. The van der Waals surface area contributed by atoms with Crippen LogP contribution in [-0.2, 0) is 11.3 Å². The van der Waals surface area contributed by atoms with Crippen LogP contribution < -0.4 is 0 Å². The minimum Gasteiger partial charge on any atom is -0.339 e. The van der Waals surface area contributed by atoms with E-state index in [0.717, 1.165) is 58.2 Å². The lowest BCUT2D eigenvalue weighted by molar-refractivity contribution is -0.136. The van der Waals surface area contributed by atoms with Crippen LogP contribution in [-0.4, -0.2) is 41.4 Å². The molecule has 1 aromatic carbocycles.